The monoisotopic (exact) mass is 403 g/mol. The van der Waals surface area contributed by atoms with Gasteiger partial charge in [-0.2, -0.15) is 0 Å². The molecule has 2 N–H and O–H groups in total. The number of nitrogens with zero attached hydrogens (tertiary/aromatic N) is 4. The Labute approximate surface area is 170 Å². The Morgan fingerprint density at radius 3 is 2.86 bits per heavy atom. The summed E-state index contributed by atoms with van der Waals surface area (Å²) >= 11 is 0. The van der Waals surface area contributed by atoms with Crippen molar-refractivity contribution in [1.29, 1.82) is 0 Å². The Hall–Kier alpha value is -2.55. The topological polar surface area (TPSA) is 116 Å². The number of carbonyl (C=O) groups excluding carboxylic acids is 3. The molecule has 0 radical (unpaired) electrons. The molecular weight excluding hydrogens is 374 g/mol. The minimum absolute atomic E-state index is 0.0286. The van der Waals surface area contributed by atoms with Crippen LogP contribution in [0.15, 0.2) is 18.6 Å². The van der Waals surface area contributed by atoms with Gasteiger partial charge in [0.05, 0.1) is 12.5 Å². The molecule has 1 aliphatic heterocycles. The maximum absolute atomic E-state index is 13.3. The van der Waals surface area contributed by atoms with Crippen molar-refractivity contribution in [3.8, 4) is 0 Å². The molecule has 1 aromatic heterocycles. The highest BCUT2D eigenvalue weighted by molar-refractivity contribution is 5.97. The number of aromatic nitrogens is 2. The quantitative estimate of drug-likeness (QED) is 0.267. The van der Waals surface area contributed by atoms with E-state index in [2.05, 4.69) is 22.2 Å². The first-order valence-electron chi connectivity index (χ1n) is 10.3. The normalized spacial score (nSPS) is 20.3. The third kappa shape index (κ3) is 5.29. The van der Waals surface area contributed by atoms with Crippen LogP contribution in [0.4, 0.5) is 5.82 Å². The number of hydroxylamine groups is 2. The van der Waals surface area contributed by atoms with E-state index in [4.69, 9.17) is 0 Å². The maximum Gasteiger partial charge on any atom is 0.248 e. The second-order valence-corrected chi connectivity index (χ2v) is 8.19. The van der Waals surface area contributed by atoms with Crippen molar-refractivity contribution in [2.75, 3.05) is 18.4 Å². The number of carbonyl (C=O) groups is 3. The van der Waals surface area contributed by atoms with Crippen molar-refractivity contribution >= 4 is 24.0 Å². The zero-order chi connectivity index (χ0) is 20.9. The lowest BCUT2D eigenvalue weighted by Gasteiger charge is -2.29. The first kappa shape index (κ1) is 21.2. The van der Waals surface area contributed by atoms with E-state index in [9.17, 15) is 19.6 Å². The lowest BCUT2D eigenvalue weighted by Crippen LogP contribution is -2.47. The molecule has 1 spiro atoms. The number of unbranched alkanes of at least 4 members (excludes halogenated alkanes) is 2. The van der Waals surface area contributed by atoms with Gasteiger partial charge in [0.25, 0.3) is 0 Å². The van der Waals surface area contributed by atoms with E-state index >= 15 is 0 Å². The summed E-state index contributed by atoms with van der Waals surface area (Å²) in [5.41, 5.74) is 0.0286. The predicted molar refractivity (Wildman–Crippen MR) is 105 cm³/mol. The largest absolute Gasteiger partial charge is 0.330 e. The van der Waals surface area contributed by atoms with Crippen LogP contribution in [0.3, 0.4) is 0 Å². The average Bonchev–Trinajstić information content (AvgIpc) is 3.37. The van der Waals surface area contributed by atoms with Crippen LogP contribution in [0, 0.1) is 11.3 Å². The van der Waals surface area contributed by atoms with Gasteiger partial charge in [-0.15, -0.1) is 0 Å². The molecule has 1 saturated carbocycles. The molecule has 158 valence electrons. The van der Waals surface area contributed by atoms with Gasteiger partial charge in [-0.05, 0) is 37.2 Å². The zero-order valence-electron chi connectivity index (χ0n) is 16.8. The molecule has 9 heteroatoms. The Morgan fingerprint density at radius 1 is 1.45 bits per heavy atom. The molecule has 9 nitrogen and oxygen atoms in total. The highest BCUT2D eigenvalue weighted by atomic mass is 16.5. The molecule has 3 rings (SSSR count). The van der Waals surface area contributed by atoms with Gasteiger partial charge in [-0.1, -0.05) is 26.2 Å². The molecule has 3 amide bonds. The van der Waals surface area contributed by atoms with Crippen LogP contribution in [-0.4, -0.2) is 62.5 Å². The number of amides is 3. The lowest BCUT2D eigenvalue weighted by molar-refractivity contribution is -0.157. The summed E-state index contributed by atoms with van der Waals surface area (Å²) in [7, 11) is 0. The highest BCUT2D eigenvalue weighted by Crippen LogP contribution is 2.55. The molecule has 2 fully saturated rings. The van der Waals surface area contributed by atoms with Crippen molar-refractivity contribution in [2.45, 2.75) is 57.9 Å². The number of nitrogens with one attached hydrogen (secondary N) is 1. The number of rotatable bonds is 10. The summed E-state index contributed by atoms with van der Waals surface area (Å²) in [6.45, 7) is 2.56. The van der Waals surface area contributed by atoms with Crippen molar-refractivity contribution in [3.05, 3.63) is 18.6 Å². The van der Waals surface area contributed by atoms with Crippen LogP contribution in [0.1, 0.15) is 51.9 Å². The molecule has 1 aliphatic carbocycles. The Morgan fingerprint density at radius 2 is 2.24 bits per heavy atom. The first-order chi connectivity index (χ1) is 14.0. The van der Waals surface area contributed by atoms with E-state index in [-0.39, 0.29) is 23.8 Å². The van der Waals surface area contributed by atoms with Crippen molar-refractivity contribution in [1.82, 2.24) is 19.9 Å². The Kier molecular flexibility index (Phi) is 6.79. The third-order valence-corrected chi connectivity index (χ3v) is 5.92. The fraction of sp³-hybridized carbons (Fsp3) is 0.650. The van der Waals surface area contributed by atoms with Crippen molar-refractivity contribution in [2.24, 2.45) is 11.3 Å². The van der Waals surface area contributed by atoms with E-state index in [0.717, 1.165) is 32.1 Å². The molecule has 2 atom stereocenters. The van der Waals surface area contributed by atoms with Crippen LogP contribution in [0.2, 0.25) is 0 Å². The summed E-state index contributed by atoms with van der Waals surface area (Å²) in [5, 5.41) is 13.0. The maximum atomic E-state index is 13.3. The van der Waals surface area contributed by atoms with Crippen molar-refractivity contribution in [3.63, 3.8) is 0 Å². The number of likely N-dealkylation sites (tertiary alicyclic amines) is 1. The second kappa shape index (κ2) is 9.30. The lowest BCUT2D eigenvalue weighted by atomic mass is 9.99. The number of hydrogen-bond donors (Lipinski definition) is 2. The van der Waals surface area contributed by atoms with Crippen molar-refractivity contribution < 1.29 is 19.6 Å². The van der Waals surface area contributed by atoms with Gasteiger partial charge in [0.2, 0.25) is 18.2 Å². The van der Waals surface area contributed by atoms with Gasteiger partial charge in [0.1, 0.15) is 18.2 Å². The molecule has 29 heavy (non-hydrogen) atoms. The summed E-state index contributed by atoms with van der Waals surface area (Å²) in [5.74, 6) is -0.561. The van der Waals surface area contributed by atoms with E-state index in [1.807, 2.05) is 0 Å². The van der Waals surface area contributed by atoms with Crippen LogP contribution in [0.25, 0.3) is 0 Å². The van der Waals surface area contributed by atoms with E-state index in [0.29, 0.717) is 36.7 Å². The van der Waals surface area contributed by atoms with Gasteiger partial charge < -0.3 is 10.2 Å². The molecule has 2 aliphatic rings. The highest BCUT2D eigenvalue weighted by Gasteiger charge is 2.55. The smallest absolute Gasteiger partial charge is 0.248 e. The Balaban J connectivity index is 1.73. The fourth-order valence-corrected chi connectivity index (χ4v) is 4.07. The Bertz CT molecular complexity index is 725. The van der Waals surface area contributed by atoms with E-state index < -0.39 is 12.0 Å². The third-order valence-electron chi connectivity index (χ3n) is 5.92. The van der Waals surface area contributed by atoms with Crippen LogP contribution < -0.4 is 5.32 Å². The second-order valence-electron chi connectivity index (χ2n) is 8.19. The molecule has 0 unspecified atom stereocenters. The van der Waals surface area contributed by atoms with Gasteiger partial charge in [-0.25, -0.2) is 15.0 Å². The SMILES string of the molecule is CCCCC[C@H](CN(O)C=O)C(=O)N1CC2(CC2)C[C@H]1C(=O)Nc1ccncn1. The van der Waals surface area contributed by atoms with Crippen LogP contribution in [-0.2, 0) is 14.4 Å². The summed E-state index contributed by atoms with van der Waals surface area (Å²) in [6.07, 6.45) is 9.24. The summed E-state index contributed by atoms with van der Waals surface area (Å²) in [6, 6.07) is 1.03. The van der Waals surface area contributed by atoms with Gasteiger partial charge in [-0.3, -0.25) is 19.6 Å². The summed E-state index contributed by atoms with van der Waals surface area (Å²) in [4.78, 5) is 46.7. The summed E-state index contributed by atoms with van der Waals surface area (Å²) < 4.78 is 0. The standard InChI is InChI=1S/C20H29N5O4/c1-2-3-4-5-15(11-24(29)14-26)19(28)25-12-20(7-8-20)10-16(25)18(27)23-17-6-9-21-13-22-17/h6,9,13-16,29H,2-5,7-8,10-12H2,1H3,(H,21,22,23,27)/t15-,16+/m1/s1. The van der Waals surface area contributed by atoms with Gasteiger partial charge >= 0.3 is 0 Å². The zero-order valence-corrected chi connectivity index (χ0v) is 16.8. The molecule has 1 aromatic rings. The average molecular weight is 403 g/mol. The van der Waals surface area contributed by atoms with E-state index in [1.54, 1.807) is 17.2 Å². The molecule has 2 heterocycles. The first-order valence-corrected chi connectivity index (χ1v) is 10.3. The molecule has 0 aromatic carbocycles. The molecular formula is C20H29N5O4. The van der Waals surface area contributed by atoms with Gasteiger partial charge in [0.15, 0.2) is 0 Å². The number of anilines is 1. The van der Waals surface area contributed by atoms with E-state index in [1.165, 1.54) is 6.33 Å². The fourth-order valence-electron chi connectivity index (χ4n) is 4.07. The minimum Gasteiger partial charge on any atom is -0.330 e. The molecule has 0 bridgehead atoms. The predicted octanol–water partition coefficient (Wildman–Crippen LogP) is 1.84. The number of hydrogen-bond acceptors (Lipinski definition) is 6. The minimum atomic E-state index is -0.572. The van der Waals surface area contributed by atoms with Gasteiger partial charge in [0, 0.05) is 12.7 Å². The van der Waals surface area contributed by atoms with Crippen LogP contribution in [0.5, 0.6) is 0 Å². The molecule has 1 saturated heterocycles. The van der Waals surface area contributed by atoms with Crippen LogP contribution >= 0.6 is 0 Å².